The van der Waals surface area contributed by atoms with Gasteiger partial charge in [-0.25, -0.2) is 10.6 Å². The lowest BCUT2D eigenvalue weighted by atomic mass is 10.0. The second kappa shape index (κ2) is 12.4. The molecule has 5 N–H and O–H groups in total. The summed E-state index contributed by atoms with van der Waals surface area (Å²) in [6, 6.07) is 22.2. The number of carbonyl (C=O) groups is 2. The zero-order valence-electron chi connectivity index (χ0n) is 19.2. The number of unbranched alkanes of at least 4 members (excludes halogenated alkanes) is 1. The maximum atomic E-state index is 13.2. The molecule has 0 bridgehead atoms. The molecule has 0 spiro atoms. The minimum Gasteiger partial charge on any atom is -0.495 e. The summed E-state index contributed by atoms with van der Waals surface area (Å²) >= 11 is 0. The first-order valence-electron chi connectivity index (χ1n) is 11.1. The number of aliphatic hydroxyl groups is 1. The van der Waals surface area contributed by atoms with Crippen molar-refractivity contribution in [3.05, 3.63) is 83.9 Å². The molecule has 0 saturated carbocycles. The number of hydrazine groups is 1. The Hall–Kier alpha value is -3.88. The van der Waals surface area contributed by atoms with Crippen molar-refractivity contribution in [2.45, 2.75) is 19.4 Å². The number of amides is 3. The third-order valence-electron chi connectivity index (χ3n) is 5.39. The predicted molar refractivity (Wildman–Crippen MR) is 132 cm³/mol. The molecule has 0 fully saturated rings. The first kappa shape index (κ1) is 24.8. The molecule has 0 atom stereocenters. The second-order valence-corrected chi connectivity index (χ2v) is 7.73. The molecule has 0 radical (unpaired) electrons. The quantitative estimate of drug-likeness (QED) is 0.158. The number of aliphatic hydroxyl groups excluding tert-OH is 1. The van der Waals surface area contributed by atoms with Gasteiger partial charge in [0.2, 0.25) is 0 Å². The third-order valence-corrected chi connectivity index (χ3v) is 5.39. The van der Waals surface area contributed by atoms with E-state index in [0.29, 0.717) is 42.9 Å². The number of carbonyl (C=O) groups excluding carboxylic acids is 2. The number of methoxy groups -OCH3 is 1. The normalized spacial score (nSPS) is 10.4. The van der Waals surface area contributed by atoms with Crippen LogP contribution in [-0.2, 0) is 6.54 Å². The van der Waals surface area contributed by atoms with Gasteiger partial charge < -0.3 is 20.1 Å². The van der Waals surface area contributed by atoms with Crippen molar-refractivity contribution < 1.29 is 19.4 Å². The summed E-state index contributed by atoms with van der Waals surface area (Å²) in [6.45, 7) is 0.862. The van der Waals surface area contributed by atoms with Crippen LogP contribution in [0.25, 0.3) is 11.1 Å². The monoisotopic (exact) mass is 462 g/mol. The van der Waals surface area contributed by atoms with E-state index in [9.17, 15) is 9.59 Å². The van der Waals surface area contributed by atoms with Gasteiger partial charge in [-0.05, 0) is 53.8 Å². The summed E-state index contributed by atoms with van der Waals surface area (Å²) in [6.07, 6.45) is 1.25. The van der Waals surface area contributed by atoms with Gasteiger partial charge in [-0.3, -0.25) is 10.2 Å². The number of anilines is 1. The van der Waals surface area contributed by atoms with E-state index in [4.69, 9.17) is 15.7 Å². The van der Waals surface area contributed by atoms with Gasteiger partial charge in [0.15, 0.2) is 0 Å². The summed E-state index contributed by atoms with van der Waals surface area (Å²) in [5, 5.41) is 12.1. The molecule has 178 valence electrons. The second-order valence-electron chi connectivity index (χ2n) is 7.73. The number of nitrogen functional groups attached to an aromatic ring is 1. The Kier molecular flexibility index (Phi) is 9.02. The van der Waals surface area contributed by atoms with E-state index in [1.807, 2.05) is 48.5 Å². The van der Waals surface area contributed by atoms with E-state index < -0.39 is 0 Å². The van der Waals surface area contributed by atoms with Crippen molar-refractivity contribution in [3.63, 3.8) is 0 Å². The first-order valence-corrected chi connectivity index (χ1v) is 11.1. The number of nitrogens with one attached hydrogen (secondary N) is 2. The van der Waals surface area contributed by atoms with E-state index in [2.05, 4.69) is 10.7 Å². The molecule has 3 aromatic carbocycles. The van der Waals surface area contributed by atoms with Gasteiger partial charge in [-0.1, -0.05) is 48.5 Å². The third kappa shape index (κ3) is 6.57. The fourth-order valence-corrected chi connectivity index (χ4v) is 3.53. The molecular formula is C26H30N4O4. The molecule has 0 aliphatic heterocycles. The number of rotatable bonds is 10. The summed E-state index contributed by atoms with van der Waals surface area (Å²) in [5.41, 5.74) is 5.99. The highest BCUT2D eigenvalue weighted by Crippen LogP contribution is 2.31. The number of nitrogens with two attached hydrogens (primary N) is 1. The van der Waals surface area contributed by atoms with Gasteiger partial charge >= 0.3 is 6.03 Å². The van der Waals surface area contributed by atoms with Crippen LogP contribution in [0.3, 0.4) is 0 Å². The van der Waals surface area contributed by atoms with Crippen LogP contribution in [0.2, 0.25) is 0 Å². The lowest BCUT2D eigenvalue weighted by Gasteiger charge is -2.24. The van der Waals surface area contributed by atoms with E-state index in [-0.39, 0.29) is 18.5 Å². The Bertz CT molecular complexity index is 1090. The van der Waals surface area contributed by atoms with Crippen LogP contribution >= 0.6 is 0 Å². The molecule has 0 aliphatic carbocycles. The van der Waals surface area contributed by atoms with Gasteiger partial charge in [0.05, 0.1) is 12.8 Å². The van der Waals surface area contributed by atoms with Gasteiger partial charge in [-0.2, -0.15) is 0 Å². The molecular weight excluding hydrogens is 432 g/mol. The maximum Gasteiger partial charge on any atom is 0.322 e. The van der Waals surface area contributed by atoms with E-state index in [0.717, 1.165) is 16.7 Å². The zero-order chi connectivity index (χ0) is 24.3. The largest absolute Gasteiger partial charge is 0.495 e. The number of benzene rings is 3. The van der Waals surface area contributed by atoms with Gasteiger partial charge in [0, 0.05) is 25.3 Å². The molecule has 0 saturated heterocycles. The molecule has 3 amide bonds. The molecule has 34 heavy (non-hydrogen) atoms. The van der Waals surface area contributed by atoms with Crippen molar-refractivity contribution in [1.29, 1.82) is 0 Å². The Morgan fingerprint density at radius 2 is 1.71 bits per heavy atom. The maximum absolute atomic E-state index is 13.2. The molecule has 3 aromatic rings. The van der Waals surface area contributed by atoms with Gasteiger partial charge in [-0.15, -0.1) is 0 Å². The van der Waals surface area contributed by atoms with E-state index in [1.54, 1.807) is 36.3 Å². The lowest BCUT2D eigenvalue weighted by molar-refractivity contribution is 0.0953. The topological polar surface area (TPSA) is 117 Å². The van der Waals surface area contributed by atoms with Crippen LogP contribution < -0.4 is 21.3 Å². The number of hydrogen-bond donors (Lipinski definition) is 4. The molecule has 0 heterocycles. The van der Waals surface area contributed by atoms with Crippen LogP contribution in [0.5, 0.6) is 5.75 Å². The fraction of sp³-hybridized carbons (Fsp3) is 0.231. The highest BCUT2D eigenvalue weighted by molar-refractivity contribution is 5.94. The van der Waals surface area contributed by atoms with Crippen LogP contribution in [0, 0.1) is 0 Å². The Morgan fingerprint density at radius 1 is 0.971 bits per heavy atom. The highest BCUT2D eigenvalue weighted by atomic mass is 16.5. The predicted octanol–water partition coefficient (Wildman–Crippen LogP) is 3.77. The van der Waals surface area contributed by atoms with E-state index >= 15 is 0 Å². The average Bonchev–Trinajstić information content (AvgIpc) is 2.88. The van der Waals surface area contributed by atoms with Crippen LogP contribution in [0.4, 0.5) is 10.5 Å². The summed E-state index contributed by atoms with van der Waals surface area (Å²) in [4.78, 5) is 26.5. The van der Waals surface area contributed by atoms with Crippen molar-refractivity contribution in [1.82, 2.24) is 10.3 Å². The van der Waals surface area contributed by atoms with Crippen molar-refractivity contribution in [2.75, 3.05) is 25.6 Å². The molecule has 0 aromatic heterocycles. The van der Waals surface area contributed by atoms with Crippen LogP contribution in [0.1, 0.15) is 28.8 Å². The van der Waals surface area contributed by atoms with Crippen molar-refractivity contribution >= 4 is 17.6 Å². The smallest absolute Gasteiger partial charge is 0.322 e. The fourth-order valence-electron chi connectivity index (χ4n) is 3.53. The molecule has 8 heteroatoms. The standard InChI is InChI=1S/C26H30N4O4/c1-34-24-17-22(20-7-3-2-4-8-20)13-14-23(24)28-26(33)30(15-5-6-16-31)18-19-9-11-21(12-10-19)25(32)29-27/h2-4,7-14,17,31H,5-6,15-16,18,27H2,1H3,(H,28,33)(H,29,32). The average molecular weight is 463 g/mol. The Balaban J connectivity index is 1.76. The molecule has 0 unspecified atom stereocenters. The Labute approximate surface area is 199 Å². The number of urea groups is 1. The van der Waals surface area contributed by atoms with Crippen LogP contribution in [0.15, 0.2) is 72.8 Å². The number of nitrogens with zero attached hydrogens (tertiary/aromatic N) is 1. The number of ether oxygens (including phenoxy) is 1. The minimum absolute atomic E-state index is 0.0626. The zero-order valence-corrected chi connectivity index (χ0v) is 19.2. The van der Waals surface area contributed by atoms with Crippen molar-refractivity contribution in [3.8, 4) is 16.9 Å². The van der Waals surface area contributed by atoms with Crippen LogP contribution in [-0.4, -0.2) is 42.2 Å². The van der Waals surface area contributed by atoms with E-state index in [1.165, 1.54) is 0 Å². The SMILES string of the molecule is COc1cc(-c2ccccc2)ccc1NC(=O)N(CCCCO)Cc1ccc(C(=O)NN)cc1. The highest BCUT2D eigenvalue weighted by Gasteiger charge is 2.17. The first-order chi connectivity index (χ1) is 16.5. The summed E-state index contributed by atoms with van der Waals surface area (Å²) in [5.74, 6) is 5.36. The minimum atomic E-state index is -0.380. The molecule has 0 aliphatic rings. The van der Waals surface area contributed by atoms with Gasteiger partial charge in [0.1, 0.15) is 5.75 Å². The van der Waals surface area contributed by atoms with Crippen molar-refractivity contribution in [2.24, 2.45) is 5.84 Å². The molecule has 8 nitrogen and oxygen atoms in total. The molecule has 3 rings (SSSR count). The summed E-state index contributed by atoms with van der Waals surface area (Å²) in [7, 11) is 1.57. The summed E-state index contributed by atoms with van der Waals surface area (Å²) < 4.78 is 5.54. The van der Waals surface area contributed by atoms with Gasteiger partial charge in [0.25, 0.3) is 5.91 Å². The number of hydrogen-bond acceptors (Lipinski definition) is 5. The lowest BCUT2D eigenvalue weighted by Crippen LogP contribution is -2.35. The Morgan fingerprint density at radius 3 is 2.35 bits per heavy atom.